The molecule has 3 heteroatoms. The topological polar surface area (TPSA) is 50.9 Å². The SMILES string of the molecule is Cc1ccc(N[C@@H](C)c2ccc(N)cc2)nc1. The van der Waals surface area contributed by atoms with Gasteiger partial charge in [0.25, 0.3) is 0 Å². The number of benzene rings is 1. The fourth-order valence-corrected chi connectivity index (χ4v) is 1.64. The zero-order chi connectivity index (χ0) is 12.3. The lowest BCUT2D eigenvalue weighted by Gasteiger charge is -2.15. The van der Waals surface area contributed by atoms with Crippen LogP contribution in [0, 0.1) is 6.92 Å². The summed E-state index contributed by atoms with van der Waals surface area (Å²) in [6.07, 6.45) is 1.86. The van der Waals surface area contributed by atoms with Crippen LogP contribution < -0.4 is 11.1 Å². The van der Waals surface area contributed by atoms with Crippen LogP contribution in [0.15, 0.2) is 42.6 Å². The summed E-state index contributed by atoms with van der Waals surface area (Å²) in [4.78, 5) is 4.33. The zero-order valence-corrected chi connectivity index (χ0v) is 10.1. The van der Waals surface area contributed by atoms with E-state index in [4.69, 9.17) is 5.73 Å². The molecule has 2 aromatic rings. The summed E-state index contributed by atoms with van der Waals surface area (Å²) < 4.78 is 0. The zero-order valence-electron chi connectivity index (χ0n) is 10.1. The van der Waals surface area contributed by atoms with Crippen LogP contribution in [-0.4, -0.2) is 4.98 Å². The van der Waals surface area contributed by atoms with Crippen molar-refractivity contribution in [1.82, 2.24) is 4.98 Å². The lowest BCUT2D eigenvalue weighted by molar-refractivity contribution is 0.874. The Labute approximate surface area is 102 Å². The molecule has 88 valence electrons. The van der Waals surface area contributed by atoms with E-state index in [1.807, 2.05) is 49.5 Å². The molecule has 0 bridgehead atoms. The van der Waals surface area contributed by atoms with Gasteiger partial charge in [-0.3, -0.25) is 0 Å². The highest BCUT2D eigenvalue weighted by Gasteiger charge is 2.05. The van der Waals surface area contributed by atoms with Crippen molar-refractivity contribution in [2.45, 2.75) is 19.9 Å². The minimum Gasteiger partial charge on any atom is -0.399 e. The van der Waals surface area contributed by atoms with Crippen LogP contribution in [0.25, 0.3) is 0 Å². The van der Waals surface area contributed by atoms with Crippen LogP contribution >= 0.6 is 0 Å². The number of rotatable bonds is 3. The Bertz CT molecular complexity index is 474. The standard InChI is InChI=1S/C14H17N3/c1-10-3-8-14(16-9-10)17-11(2)12-4-6-13(15)7-5-12/h3-9,11H,15H2,1-2H3,(H,16,17)/t11-/m0/s1. The van der Waals surface area contributed by atoms with Crippen molar-refractivity contribution in [3.63, 3.8) is 0 Å². The van der Waals surface area contributed by atoms with Crippen LogP contribution in [0.4, 0.5) is 11.5 Å². The van der Waals surface area contributed by atoms with Crippen molar-refractivity contribution in [2.75, 3.05) is 11.1 Å². The number of anilines is 2. The number of nitrogens with zero attached hydrogens (tertiary/aromatic N) is 1. The second kappa shape index (κ2) is 4.87. The maximum absolute atomic E-state index is 5.66. The molecular formula is C14H17N3. The fraction of sp³-hybridized carbons (Fsp3) is 0.214. The van der Waals surface area contributed by atoms with E-state index in [1.54, 1.807) is 0 Å². The number of aryl methyl sites for hydroxylation is 1. The number of hydrogen-bond donors (Lipinski definition) is 2. The van der Waals surface area contributed by atoms with Crippen molar-refractivity contribution >= 4 is 11.5 Å². The second-order valence-corrected chi connectivity index (χ2v) is 4.25. The van der Waals surface area contributed by atoms with E-state index >= 15 is 0 Å². The molecule has 3 N–H and O–H groups in total. The molecule has 0 aliphatic heterocycles. The predicted molar refractivity (Wildman–Crippen MR) is 71.9 cm³/mol. The van der Waals surface area contributed by atoms with E-state index in [0.29, 0.717) is 0 Å². The molecule has 1 aromatic heterocycles. The summed E-state index contributed by atoms with van der Waals surface area (Å²) in [7, 11) is 0. The first kappa shape index (κ1) is 11.5. The van der Waals surface area contributed by atoms with Crippen molar-refractivity contribution in [3.8, 4) is 0 Å². The third kappa shape index (κ3) is 2.97. The molecular weight excluding hydrogens is 210 g/mol. The number of aromatic nitrogens is 1. The summed E-state index contributed by atoms with van der Waals surface area (Å²) in [5.41, 5.74) is 8.81. The molecule has 1 heterocycles. The van der Waals surface area contributed by atoms with Crippen molar-refractivity contribution in [3.05, 3.63) is 53.7 Å². The average Bonchev–Trinajstić information content (AvgIpc) is 2.33. The summed E-state index contributed by atoms with van der Waals surface area (Å²) in [6.45, 7) is 4.13. The highest BCUT2D eigenvalue weighted by atomic mass is 15.0. The Balaban J connectivity index is 2.08. The smallest absolute Gasteiger partial charge is 0.126 e. The molecule has 1 atom stereocenters. The summed E-state index contributed by atoms with van der Waals surface area (Å²) in [5.74, 6) is 0.889. The number of hydrogen-bond acceptors (Lipinski definition) is 3. The van der Waals surface area contributed by atoms with Crippen LogP contribution in [-0.2, 0) is 0 Å². The van der Waals surface area contributed by atoms with Gasteiger partial charge in [0.1, 0.15) is 5.82 Å². The van der Waals surface area contributed by atoms with E-state index < -0.39 is 0 Å². The largest absolute Gasteiger partial charge is 0.399 e. The molecule has 0 aliphatic rings. The van der Waals surface area contributed by atoms with Crippen LogP contribution in [0.2, 0.25) is 0 Å². The first-order valence-electron chi connectivity index (χ1n) is 5.70. The minimum absolute atomic E-state index is 0.214. The molecule has 0 spiro atoms. The molecule has 0 saturated heterocycles. The summed E-state index contributed by atoms with van der Waals surface area (Å²) >= 11 is 0. The fourth-order valence-electron chi connectivity index (χ4n) is 1.64. The maximum Gasteiger partial charge on any atom is 0.126 e. The van der Waals surface area contributed by atoms with Gasteiger partial charge in [-0.2, -0.15) is 0 Å². The Morgan fingerprint density at radius 2 is 1.82 bits per heavy atom. The van der Waals surface area contributed by atoms with Crippen LogP contribution in [0.3, 0.4) is 0 Å². The Morgan fingerprint density at radius 1 is 1.12 bits per heavy atom. The first-order valence-corrected chi connectivity index (χ1v) is 5.70. The van der Waals surface area contributed by atoms with Gasteiger partial charge in [-0.05, 0) is 43.2 Å². The lowest BCUT2D eigenvalue weighted by Crippen LogP contribution is -2.07. The predicted octanol–water partition coefficient (Wildman–Crippen LogP) is 3.15. The number of nitrogen functional groups attached to an aromatic ring is 1. The Morgan fingerprint density at radius 3 is 2.41 bits per heavy atom. The van der Waals surface area contributed by atoms with E-state index in [-0.39, 0.29) is 6.04 Å². The molecule has 0 fully saturated rings. The van der Waals surface area contributed by atoms with Crippen LogP contribution in [0.1, 0.15) is 24.1 Å². The van der Waals surface area contributed by atoms with Gasteiger partial charge in [-0.25, -0.2) is 4.98 Å². The maximum atomic E-state index is 5.66. The van der Waals surface area contributed by atoms with Gasteiger partial charge in [0.05, 0.1) is 0 Å². The molecule has 0 saturated carbocycles. The highest BCUT2D eigenvalue weighted by Crippen LogP contribution is 2.18. The molecule has 0 unspecified atom stereocenters. The Hall–Kier alpha value is -2.03. The summed E-state index contributed by atoms with van der Waals surface area (Å²) in [6, 6.07) is 12.1. The summed E-state index contributed by atoms with van der Waals surface area (Å²) in [5, 5.41) is 3.35. The Kier molecular flexibility index (Phi) is 3.28. The molecule has 3 nitrogen and oxygen atoms in total. The number of pyridine rings is 1. The van der Waals surface area contributed by atoms with Gasteiger partial charge < -0.3 is 11.1 Å². The molecule has 0 amide bonds. The average molecular weight is 227 g/mol. The van der Waals surface area contributed by atoms with E-state index in [0.717, 1.165) is 17.1 Å². The molecule has 1 aromatic carbocycles. The molecule has 0 aliphatic carbocycles. The molecule has 0 radical (unpaired) electrons. The minimum atomic E-state index is 0.214. The van der Waals surface area contributed by atoms with Crippen molar-refractivity contribution < 1.29 is 0 Å². The van der Waals surface area contributed by atoms with Crippen LogP contribution in [0.5, 0.6) is 0 Å². The van der Waals surface area contributed by atoms with Gasteiger partial charge in [0.2, 0.25) is 0 Å². The number of nitrogens with two attached hydrogens (primary N) is 1. The van der Waals surface area contributed by atoms with Gasteiger partial charge in [-0.1, -0.05) is 18.2 Å². The first-order chi connectivity index (χ1) is 8.15. The molecule has 17 heavy (non-hydrogen) atoms. The van der Waals surface area contributed by atoms with Crippen molar-refractivity contribution in [1.29, 1.82) is 0 Å². The monoisotopic (exact) mass is 227 g/mol. The van der Waals surface area contributed by atoms with E-state index in [9.17, 15) is 0 Å². The van der Waals surface area contributed by atoms with E-state index in [1.165, 1.54) is 5.56 Å². The van der Waals surface area contributed by atoms with Gasteiger partial charge in [-0.15, -0.1) is 0 Å². The van der Waals surface area contributed by atoms with Crippen molar-refractivity contribution in [2.24, 2.45) is 0 Å². The third-order valence-electron chi connectivity index (χ3n) is 2.71. The quantitative estimate of drug-likeness (QED) is 0.792. The third-order valence-corrected chi connectivity index (χ3v) is 2.71. The van der Waals surface area contributed by atoms with Gasteiger partial charge in [0, 0.05) is 17.9 Å². The number of nitrogens with one attached hydrogen (secondary N) is 1. The lowest BCUT2D eigenvalue weighted by atomic mass is 10.1. The molecule has 2 rings (SSSR count). The second-order valence-electron chi connectivity index (χ2n) is 4.25. The highest BCUT2D eigenvalue weighted by molar-refractivity contribution is 5.43. The normalized spacial score (nSPS) is 12.1. The van der Waals surface area contributed by atoms with Gasteiger partial charge in [0.15, 0.2) is 0 Å². The van der Waals surface area contributed by atoms with E-state index in [2.05, 4.69) is 17.2 Å². The van der Waals surface area contributed by atoms with Gasteiger partial charge >= 0.3 is 0 Å².